The molecule has 20 heavy (non-hydrogen) atoms. The molecular weight excluding hydrogens is 266 g/mol. The molecule has 1 aromatic heterocycles. The predicted octanol–water partition coefficient (Wildman–Crippen LogP) is 0.452. The van der Waals surface area contributed by atoms with Crippen molar-refractivity contribution >= 4 is 5.97 Å². The standard InChI is InChI=1S/C12H19N3O5/c1-8(2)15-3-4-19-9(5-15)12-13-10(20-14-12)6-18-7-11(16)17/h8-9H,3-7H2,1-2H3,(H,16,17). The van der Waals surface area contributed by atoms with E-state index in [9.17, 15) is 4.79 Å². The Bertz CT molecular complexity index is 448. The van der Waals surface area contributed by atoms with Gasteiger partial charge in [-0.15, -0.1) is 0 Å². The molecule has 8 heteroatoms. The van der Waals surface area contributed by atoms with Crippen LogP contribution in [0.25, 0.3) is 0 Å². The number of aromatic nitrogens is 2. The molecule has 1 atom stereocenters. The Kier molecular flexibility index (Phi) is 5.05. The lowest BCUT2D eigenvalue weighted by atomic mass is 10.2. The number of aliphatic carboxylic acids is 1. The summed E-state index contributed by atoms with van der Waals surface area (Å²) in [6.45, 7) is 6.09. The normalized spacial score (nSPS) is 20.4. The van der Waals surface area contributed by atoms with E-state index in [2.05, 4.69) is 28.9 Å². The number of hydrogen-bond acceptors (Lipinski definition) is 7. The maximum absolute atomic E-state index is 10.3. The van der Waals surface area contributed by atoms with Crippen LogP contribution >= 0.6 is 0 Å². The van der Waals surface area contributed by atoms with Crippen LogP contribution in [0.1, 0.15) is 31.7 Å². The van der Waals surface area contributed by atoms with Gasteiger partial charge in [0, 0.05) is 19.1 Å². The van der Waals surface area contributed by atoms with Crippen LogP contribution in [0, 0.1) is 0 Å². The first kappa shape index (κ1) is 14.9. The third-order valence-electron chi connectivity index (χ3n) is 3.05. The molecule has 0 saturated carbocycles. The van der Waals surface area contributed by atoms with Crippen molar-refractivity contribution in [2.75, 3.05) is 26.3 Å². The summed E-state index contributed by atoms with van der Waals surface area (Å²) in [5.41, 5.74) is 0. The van der Waals surface area contributed by atoms with E-state index in [-0.39, 0.29) is 18.6 Å². The first-order chi connectivity index (χ1) is 9.56. The van der Waals surface area contributed by atoms with E-state index < -0.39 is 12.6 Å². The number of carboxylic acid groups (broad SMARTS) is 1. The van der Waals surface area contributed by atoms with E-state index in [4.69, 9.17) is 19.1 Å². The van der Waals surface area contributed by atoms with Gasteiger partial charge in [-0.1, -0.05) is 5.16 Å². The third kappa shape index (κ3) is 3.99. The lowest BCUT2D eigenvalue weighted by Gasteiger charge is -2.34. The van der Waals surface area contributed by atoms with Crippen LogP contribution in [0.2, 0.25) is 0 Å². The molecule has 0 radical (unpaired) electrons. The fourth-order valence-electron chi connectivity index (χ4n) is 1.98. The summed E-state index contributed by atoms with van der Waals surface area (Å²) in [6, 6.07) is 0.437. The number of morpholine rings is 1. The zero-order valence-corrected chi connectivity index (χ0v) is 11.6. The SMILES string of the molecule is CC(C)N1CCOC(c2noc(COCC(=O)O)n2)C1. The van der Waals surface area contributed by atoms with Crippen molar-refractivity contribution in [1.82, 2.24) is 15.0 Å². The van der Waals surface area contributed by atoms with Gasteiger partial charge < -0.3 is 19.1 Å². The number of rotatable bonds is 6. The van der Waals surface area contributed by atoms with Crippen LogP contribution in [0.15, 0.2) is 4.52 Å². The Hall–Kier alpha value is -1.51. The zero-order chi connectivity index (χ0) is 14.5. The summed E-state index contributed by atoms with van der Waals surface area (Å²) in [5.74, 6) is -0.302. The first-order valence-electron chi connectivity index (χ1n) is 6.54. The summed E-state index contributed by atoms with van der Waals surface area (Å²) in [7, 11) is 0. The summed E-state index contributed by atoms with van der Waals surface area (Å²) in [4.78, 5) is 16.8. The van der Waals surface area contributed by atoms with Crippen LogP contribution < -0.4 is 0 Å². The molecule has 1 aromatic rings. The minimum atomic E-state index is -1.03. The molecular formula is C12H19N3O5. The first-order valence-corrected chi connectivity index (χ1v) is 6.54. The van der Waals surface area contributed by atoms with E-state index in [0.29, 0.717) is 25.0 Å². The number of carboxylic acids is 1. The quantitative estimate of drug-likeness (QED) is 0.804. The minimum absolute atomic E-state index is 0.0140. The number of nitrogens with zero attached hydrogens (tertiary/aromatic N) is 3. The van der Waals surface area contributed by atoms with Gasteiger partial charge in [-0.3, -0.25) is 4.90 Å². The van der Waals surface area contributed by atoms with Gasteiger partial charge in [0.1, 0.15) is 19.3 Å². The molecule has 112 valence electrons. The van der Waals surface area contributed by atoms with Crippen molar-refractivity contribution in [1.29, 1.82) is 0 Å². The van der Waals surface area contributed by atoms with E-state index in [0.717, 1.165) is 6.54 Å². The van der Waals surface area contributed by atoms with Crippen molar-refractivity contribution in [3.05, 3.63) is 11.7 Å². The van der Waals surface area contributed by atoms with Crippen LogP contribution in [0.5, 0.6) is 0 Å². The summed E-state index contributed by atoms with van der Waals surface area (Å²) in [6.07, 6.45) is -0.219. The van der Waals surface area contributed by atoms with Crippen LogP contribution in [-0.4, -0.2) is 58.5 Å². The molecule has 0 amide bonds. The average Bonchev–Trinajstić information content (AvgIpc) is 2.87. The Labute approximate surface area is 116 Å². The van der Waals surface area contributed by atoms with Gasteiger partial charge in [0.15, 0.2) is 0 Å². The van der Waals surface area contributed by atoms with Crippen molar-refractivity contribution in [3.8, 4) is 0 Å². The molecule has 8 nitrogen and oxygen atoms in total. The van der Waals surface area contributed by atoms with Gasteiger partial charge in [0.25, 0.3) is 5.89 Å². The van der Waals surface area contributed by atoms with Crippen molar-refractivity contribution in [2.45, 2.75) is 32.6 Å². The smallest absolute Gasteiger partial charge is 0.329 e. The molecule has 0 bridgehead atoms. The lowest BCUT2D eigenvalue weighted by molar-refractivity contribution is -0.142. The molecule has 1 N–H and O–H groups in total. The largest absolute Gasteiger partial charge is 0.480 e. The van der Waals surface area contributed by atoms with Gasteiger partial charge in [-0.25, -0.2) is 4.79 Å². The second kappa shape index (κ2) is 6.78. The van der Waals surface area contributed by atoms with E-state index >= 15 is 0 Å². The number of ether oxygens (including phenoxy) is 2. The second-order valence-corrected chi connectivity index (χ2v) is 4.88. The molecule has 0 spiro atoms. The second-order valence-electron chi connectivity index (χ2n) is 4.88. The average molecular weight is 285 g/mol. The van der Waals surface area contributed by atoms with Crippen molar-refractivity contribution in [2.24, 2.45) is 0 Å². The molecule has 1 unspecified atom stereocenters. The van der Waals surface area contributed by atoms with E-state index in [1.165, 1.54) is 0 Å². The molecule has 1 aliphatic rings. The van der Waals surface area contributed by atoms with Crippen molar-refractivity contribution < 1.29 is 23.9 Å². The molecule has 2 rings (SSSR count). The Morgan fingerprint density at radius 1 is 1.60 bits per heavy atom. The van der Waals surface area contributed by atoms with Gasteiger partial charge in [0.2, 0.25) is 5.82 Å². The topological polar surface area (TPSA) is 97.9 Å². The molecule has 1 fully saturated rings. The fourth-order valence-corrected chi connectivity index (χ4v) is 1.98. The molecule has 0 aromatic carbocycles. The highest BCUT2D eigenvalue weighted by molar-refractivity contribution is 5.67. The minimum Gasteiger partial charge on any atom is -0.480 e. The summed E-state index contributed by atoms with van der Waals surface area (Å²) in [5, 5.41) is 12.3. The highest BCUT2D eigenvalue weighted by Gasteiger charge is 2.27. The zero-order valence-electron chi connectivity index (χ0n) is 11.6. The predicted molar refractivity (Wildman–Crippen MR) is 67.0 cm³/mol. The third-order valence-corrected chi connectivity index (χ3v) is 3.05. The van der Waals surface area contributed by atoms with Crippen molar-refractivity contribution in [3.63, 3.8) is 0 Å². The monoisotopic (exact) mass is 285 g/mol. The van der Waals surface area contributed by atoms with Gasteiger partial charge in [-0.05, 0) is 13.8 Å². The number of carbonyl (C=O) groups is 1. The van der Waals surface area contributed by atoms with E-state index in [1.54, 1.807) is 0 Å². The lowest BCUT2D eigenvalue weighted by Crippen LogP contribution is -2.42. The molecule has 1 saturated heterocycles. The Morgan fingerprint density at radius 3 is 3.10 bits per heavy atom. The fraction of sp³-hybridized carbons (Fsp3) is 0.750. The maximum atomic E-state index is 10.3. The van der Waals surface area contributed by atoms with E-state index in [1.807, 2.05) is 0 Å². The number of hydrogen-bond donors (Lipinski definition) is 1. The van der Waals surface area contributed by atoms with Crippen LogP contribution in [0.4, 0.5) is 0 Å². The molecule has 0 aliphatic carbocycles. The molecule has 2 heterocycles. The highest BCUT2D eigenvalue weighted by atomic mass is 16.5. The summed E-state index contributed by atoms with van der Waals surface area (Å²) < 4.78 is 15.6. The van der Waals surface area contributed by atoms with Gasteiger partial charge >= 0.3 is 5.97 Å². The highest BCUT2D eigenvalue weighted by Crippen LogP contribution is 2.21. The summed E-state index contributed by atoms with van der Waals surface area (Å²) >= 11 is 0. The Morgan fingerprint density at radius 2 is 2.40 bits per heavy atom. The van der Waals surface area contributed by atoms with Gasteiger partial charge in [0.05, 0.1) is 6.61 Å². The van der Waals surface area contributed by atoms with Crippen LogP contribution in [0.3, 0.4) is 0 Å². The maximum Gasteiger partial charge on any atom is 0.329 e. The van der Waals surface area contributed by atoms with Gasteiger partial charge in [-0.2, -0.15) is 4.98 Å². The molecule has 1 aliphatic heterocycles. The Balaban J connectivity index is 1.89. The van der Waals surface area contributed by atoms with Crippen LogP contribution in [-0.2, 0) is 20.9 Å².